The second kappa shape index (κ2) is 5.24. The Morgan fingerprint density at radius 3 is 2.38 bits per heavy atom. The molecular formula is C13H22N2O5S. The normalized spacial score (nSPS) is 31.8. The van der Waals surface area contributed by atoms with Crippen molar-refractivity contribution in [1.82, 2.24) is 9.62 Å². The van der Waals surface area contributed by atoms with Crippen LogP contribution in [0.4, 0.5) is 0 Å². The van der Waals surface area contributed by atoms with Crippen LogP contribution in [0.1, 0.15) is 26.7 Å². The van der Waals surface area contributed by atoms with Crippen molar-refractivity contribution in [1.29, 1.82) is 0 Å². The van der Waals surface area contributed by atoms with Crippen LogP contribution >= 0.6 is 0 Å². The van der Waals surface area contributed by atoms with E-state index in [4.69, 9.17) is 5.11 Å². The second-order valence-corrected chi connectivity index (χ2v) is 8.41. The molecule has 1 saturated carbocycles. The first-order chi connectivity index (χ1) is 9.54. The molecule has 0 aromatic rings. The first-order valence-corrected chi connectivity index (χ1v) is 8.92. The van der Waals surface area contributed by atoms with Crippen molar-refractivity contribution in [3.8, 4) is 0 Å². The Balaban J connectivity index is 2.02. The standard InChI is InChI=1S/C13H22N2O5S/c1-13(2)9(10(13)12(17)18)11(16)15-6-4-5-8(7-15)14-21(3,19)20/h8-10,14H,4-7H2,1-3H3,(H,17,18)/t8?,9-,10+/m1/s1. The number of aliphatic carboxylic acids is 1. The minimum absolute atomic E-state index is 0.174. The molecule has 0 radical (unpaired) electrons. The summed E-state index contributed by atoms with van der Waals surface area (Å²) in [6.45, 7) is 4.43. The van der Waals surface area contributed by atoms with Gasteiger partial charge in [-0.15, -0.1) is 0 Å². The summed E-state index contributed by atoms with van der Waals surface area (Å²) in [7, 11) is -3.31. The largest absolute Gasteiger partial charge is 0.481 e. The van der Waals surface area contributed by atoms with E-state index in [-0.39, 0.29) is 11.9 Å². The Morgan fingerprint density at radius 1 is 1.29 bits per heavy atom. The number of nitrogens with zero attached hydrogens (tertiary/aromatic N) is 1. The number of rotatable bonds is 4. The van der Waals surface area contributed by atoms with E-state index in [1.54, 1.807) is 18.7 Å². The average Bonchev–Trinajstić information content (AvgIpc) is 2.89. The highest BCUT2D eigenvalue weighted by atomic mass is 32.2. The van der Waals surface area contributed by atoms with Crippen LogP contribution in [0, 0.1) is 17.3 Å². The number of amides is 1. The molecule has 0 spiro atoms. The van der Waals surface area contributed by atoms with Crippen LogP contribution < -0.4 is 4.72 Å². The van der Waals surface area contributed by atoms with E-state index in [2.05, 4.69) is 4.72 Å². The predicted octanol–water partition coefficient (Wildman–Crippen LogP) is -0.117. The van der Waals surface area contributed by atoms with Gasteiger partial charge >= 0.3 is 5.97 Å². The van der Waals surface area contributed by atoms with Gasteiger partial charge in [-0.1, -0.05) is 13.8 Å². The van der Waals surface area contributed by atoms with Crippen LogP contribution in [-0.2, 0) is 19.6 Å². The molecule has 1 aliphatic carbocycles. The molecule has 2 aliphatic rings. The third-order valence-corrected chi connectivity index (χ3v) is 5.23. The molecule has 0 aromatic heterocycles. The number of likely N-dealkylation sites (tertiary alicyclic amines) is 1. The lowest BCUT2D eigenvalue weighted by Gasteiger charge is -2.33. The minimum atomic E-state index is -3.31. The van der Waals surface area contributed by atoms with Gasteiger partial charge in [0, 0.05) is 19.1 Å². The quantitative estimate of drug-likeness (QED) is 0.752. The molecular weight excluding hydrogens is 296 g/mol. The van der Waals surface area contributed by atoms with E-state index in [1.807, 2.05) is 0 Å². The maximum Gasteiger partial charge on any atom is 0.307 e. The number of carboxylic acids is 1. The molecule has 0 aromatic carbocycles. The number of sulfonamides is 1. The van der Waals surface area contributed by atoms with Crippen LogP contribution in [0.15, 0.2) is 0 Å². The Kier molecular flexibility index (Phi) is 4.05. The first-order valence-electron chi connectivity index (χ1n) is 7.03. The summed E-state index contributed by atoms with van der Waals surface area (Å²) in [5.41, 5.74) is -0.528. The van der Waals surface area contributed by atoms with Crippen LogP contribution in [0.2, 0.25) is 0 Å². The maximum absolute atomic E-state index is 12.5. The lowest BCUT2D eigenvalue weighted by molar-refractivity contribution is -0.142. The SMILES string of the molecule is CC1(C)[C@H](C(=O)O)[C@@H]1C(=O)N1CCCC(NS(C)(=O)=O)C1. The van der Waals surface area contributed by atoms with Gasteiger partial charge in [0.2, 0.25) is 15.9 Å². The molecule has 8 heteroatoms. The number of carbonyl (C=O) groups is 2. The predicted molar refractivity (Wildman–Crippen MR) is 76.0 cm³/mol. The Labute approximate surface area is 124 Å². The fourth-order valence-electron chi connectivity index (χ4n) is 3.33. The number of carbonyl (C=O) groups excluding carboxylic acids is 1. The van der Waals surface area contributed by atoms with Gasteiger partial charge in [-0.3, -0.25) is 9.59 Å². The van der Waals surface area contributed by atoms with Crippen molar-refractivity contribution < 1.29 is 23.1 Å². The van der Waals surface area contributed by atoms with Crippen molar-refractivity contribution in [2.75, 3.05) is 19.3 Å². The average molecular weight is 318 g/mol. The lowest BCUT2D eigenvalue weighted by atomic mass is 10.0. The highest BCUT2D eigenvalue weighted by Gasteiger charge is 2.66. The summed E-state index contributed by atoms with van der Waals surface area (Å²) in [5.74, 6) is -2.27. The van der Waals surface area contributed by atoms with Gasteiger partial charge in [0.15, 0.2) is 0 Å². The maximum atomic E-state index is 12.5. The van der Waals surface area contributed by atoms with Gasteiger partial charge in [0.05, 0.1) is 18.1 Å². The minimum Gasteiger partial charge on any atom is -0.481 e. The summed E-state index contributed by atoms with van der Waals surface area (Å²) in [4.78, 5) is 25.3. The second-order valence-electron chi connectivity index (χ2n) is 6.63. The van der Waals surface area contributed by atoms with Gasteiger partial charge < -0.3 is 10.0 Å². The van der Waals surface area contributed by atoms with Gasteiger partial charge in [0.1, 0.15) is 0 Å². The number of piperidine rings is 1. The zero-order valence-corrected chi connectivity index (χ0v) is 13.3. The Bertz CT molecular complexity index is 557. The summed E-state index contributed by atoms with van der Waals surface area (Å²) in [6.07, 6.45) is 2.50. The summed E-state index contributed by atoms with van der Waals surface area (Å²) in [6, 6.07) is -0.289. The molecule has 1 aliphatic heterocycles. The molecule has 3 atom stereocenters. The van der Waals surface area contributed by atoms with E-state index in [9.17, 15) is 18.0 Å². The van der Waals surface area contributed by atoms with Gasteiger partial charge in [-0.2, -0.15) is 0 Å². The summed E-state index contributed by atoms with van der Waals surface area (Å²) >= 11 is 0. The lowest BCUT2D eigenvalue weighted by Crippen LogP contribution is -2.50. The third-order valence-electron chi connectivity index (χ3n) is 4.47. The van der Waals surface area contributed by atoms with E-state index >= 15 is 0 Å². The highest BCUT2D eigenvalue weighted by Crippen LogP contribution is 2.59. The topological polar surface area (TPSA) is 104 Å². The van der Waals surface area contributed by atoms with Crippen LogP contribution in [-0.4, -0.2) is 55.7 Å². The van der Waals surface area contributed by atoms with Crippen molar-refractivity contribution >= 4 is 21.9 Å². The number of hydrogen-bond acceptors (Lipinski definition) is 4. The van der Waals surface area contributed by atoms with Crippen LogP contribution in [0.5, 0.6) is 0 Å². The van der Waals surface area contributed by atoms with E-state index in [0.717, 1.165) is 6.26 Å². The number of nitrogens with one attached hydrogen (secondary N) is 1. The molecule has 2 fully saturated rings. The molecule has 0 bridgehead atoms. The summed E-state index contributed by atoms with van der Waals surface area (Å²) in [5, 5.41) is 9.15. The molecule has 2 rings (SSSR count). The zero-order chi connectivity index (χ0) is 16.0. The van der Waals surface area contributed by atoms with Gasteiger partial charge in [0.25, 0.3) is 0 Å². The number of carboxylic acid groups (broad SMARTS) is 1. The number of hydrogen-bond donors (Lipinski definition) is 2. The first kappa shape index (κ1) is 16.2. The zero-order valence-electron chi connectivity index (χ0n) is 12.5. The molecule has 120 valence electrons. The van der Waals surface area contributed by atoms with E-state index < -0.39 is 33.2 Å². The summed E-state index contributed by atoms with van der Waals surface area (Å²) < 4.78 is 25.1. The highest BCUT2D eigenvalue weighted by molar-refractivity contribution is 7.88. The molecule has 2 N–H and O–H groups in total. The van der Waals surface area contributed by atoms with Crippen molar-refractivity contribution in [2.45, 2.75) is 32.7 Å². The molecule has 21 heavy (non-hydrogen) atoms. The third kappa shape index (κ3) is 3.37. The Morgan fingerprint density at radius 2 is 1.90 bits per heavy atom. The van der Waals surface area contributed by atoms with Crippen molar-refractivity contribution in [3.63, 3.8) is 0 Å². The van der Waals surface area contributed by atoms with Crippen LogP contribution in [0.3, 0.4) is 0 Å². The molecule has 1 saturated heterocycles. The fraction of sp³-hybridized carbons (Fsp3) is 0.846. The van der Waals surface area contributed by atoms with Crippen molar-refractivity contribution in [3.05, 3.63) is 0 Å². The van der Waals surface area contributed by atoms with E-state index in [1.165, 1.54) is 0 Å². The van der Waals surface area contributed by atoms with Gasteiger partial charge in [-0.25, -0.2) is 13.1 Å². The van der Waals surface area contributed by atoms with Crippen molar-refractivity contribution in [2.24, 2.45) is 17.3 Å². The van der Waals surface area contributed by atoms with Crippen LogP contribution in [0.25, 0.3) is 0 Å². The Hall–Kier alpha value is -1.15. The molecule has 1 amide bonds. The fourth-order valence-corrected chi connectivity index (χ4v) is 4.13. The smallest absolute Gasteiger partial charge is 0.307 e. The monoisotopic (exact) mass is 318 g/mol. The van der Waals surface area contributed by atoms with E-state index in [0.29, 0.717) is 25.9 Å². The molecule has 7 nitrogen and oxygen atoms in total. The molecule has 1 heterocycles. The molecule has 1 unspecified atom stereocenters. The van der Waals surface area contributed by atoms with Gasteiger partial charge in [-0.05, 0) is 18.3 Å².